The Hall–Kier alpha value is -1.10. The van der Waals surface area contributed by atoms with Crippen molar-refractivity contribution < 1.29 is 9.66 Å². The molecule has 1 aromatic rings. The predicted octanol–water partition coefficient (Wildman–Crippen LogP) is 4.77. The molecule has 5 heteroatoms. The first-order chi connectivity index (χ1) is 10.0. The number of nitro benzene ring substituents is 1. The molecule has 2 aliphatic carbocycles. The molecule has 1 aromatic carbocycles. The molecule has 0 bridgehead atoms. The normalized spacial score (nSPS) is 27.1. The summed E-state index contributed by atoms with van der Waals surface area (Å²) >= 11 is 3.78. The Labute approximate surface area is 133 Å². The highest BCUT2D eigenvalue weighted by Gasteiger charge is 2.55. The number of nitro groups is 1. The van der Waals surface area contributed by atoms with Crippen LogP contribution < -0.4 is 4.74 Å². The van der Waals surface area contributed by atoms with Crippen LogP contribution in [0.3, 0.4) is 0 Å². The third-order valence-electron chi connectivity index (χ3n) is 5.12. The quantitative estimate of drug-likeness (QED) is 0.446. The molecule has 0 heterocycles. The van der Waals surface area contributed by atoms with Crippen LogP contribution in [0.25, 0.3) is 0 Å². The van der Waals surface area contributed by atoms with Gasteiger partial charge in [-0.3, -0.25) is 10.1 Å². The lowest BCUT2D eigenvalue weighted by Gasteiger charge is -2.55. The number of alkyl halides is 1. The number of hydrogen-bond donors (Lipinski definition) is 0. The first kappa shape index (κ1) is 14.8. The molecule has 4 nitrogen and oxygen atoms in total. The van der Waals surface area contributed by atoms with E-state index in [1.54, 1.807) is 19.1 Å². The van der Waals surface area contributed by atoms with E-state index in [2.05, 4.69) is 15.9 Å². The summed E-state index contributed by atoms with van der Waals surface area (Å²) in [6.45, 7) is 1.76. The van der Waals surface area contributed by atoms with Gasteiger partial charge in [0.2, 0.25) is 0 Å². The maximum atomic E-state index is 11.3. The molecule has 2 saturated carbocycles. The smallest absolute Gasteiger partial charge is 0.313 e. The number of hydrogen-bond acceptors (Lipinski definition) is 3. The molecule has 0 N–H and O–H groups in total. The number of para-hydroxylation sites is 1. The van der Waals surface area contributed by atoms with Gasteiger partial charge in [0.1, 0.15) is 6.10 Å². The maximum Gasteiger partial charge on any atom is 0.313 e. The average Bonchev–Trinajstić information content (AvgIpc) is 2.47. The highest BCUT2D eigenvalue weighted by molar-refractivity contribution is 9.09. The van der Waals surface area contributed by atoms with Crippen molar-refractivity contribution in [1.29, 1.82) is 0 Å². The molecule has 0 aliphatic heterocycles. The number of nitrogens with zero attached hydrogens (tertiary/aromatic N) is 1. The molecule has 0 aromatic heterocycles. The molecule has 0 amide bonds. The van der Waals surface area contributed by atoms with Crippen LogP contribution in [0, 0.1) is 22.5 Å². The Balaban J connectivity index is 1.84. The Morgan fingerprint density at radius 1 is 1.33 bits per heavy atom. The minimum Gasteiger partial charge on any atom is -0.483 e. The number of ether oxygens (including phenoxy) is 1. The van der Waals surface area contributed by atoms with Crippen LogP contribution >= 0.6 is 15.9 Å². The van der Waals surface area contributed by atoms with Gasteiger partial charge in [-0.1, -0.05) is 47.3 Å². The zero-order valence-corrected chi connectivity index (χ0v) is 13.8. The topological polar surface area (TPSA) is 52.4 Å². The lowest BCUT2D eigenvalue weighted by molar-refractivity contribution is -0.386. The van der Waals surface area contributed by atoms with Gasteiger partial charge in [-0.25, -0.2) is 0 Å². The number of halogens is 1. The molecule has 0 saturated heterocycles. The largest absolute Gasteiger partial charge is 0.483 e. The van der Waals surface area contributed by atoms with Crippen molar-refractivity contribution in [2.45, 2.75) is 56.4 Å². The molecule has 0 radical (unpaired) electrons. The maximum absolute atomic E-state index is 11.3. The highest BCUT2D eigenvalue weighted by atomic mass is 79.9. The van der Waals surface area contributed by atoms with Gasteiger partial charge in [-0.2, -0.15) is 0 Å². The fraction of sp³-hybridized carbons (Fsp3) is 0.625. The Kier molecular flexibility index (Phi) is 3.95. The molecule has 114 valence electrons. The van der Waals surface area contributed by atoms with Gasteiger partial charge in [0.15, 0.2) is 5.75 Å². The summed E-state index contributed by atoms with van der Waals surface area (Å²) in [6.07, 6.45) is 7.11. The third-order valence-corrected chi connectivity index (χ3v) is 6.41. The lowest BCUT2D eigenvalue weighted by atomic mass is 9.58. The Morgan fingerprint density at radius 2 is 2.05 bits per heavy atom. The van der Waals surface area contributed by atoms with Crippen LogP contribution in [-0.4, -0.2) is 15.9 Å². The van der Waals surface area contributed by atoms with E-state index >= 15 is 0 Å². The van der Waals surface area contributed by atoms with Gasteiger partial charge < -0.3 is 4.74 Å². The summed E-state index contributed by atoms with van der Waals surface area (Å²) in [5.41, 5.74) is 0.946. The number of rotatable bonds is 3. The van der Waals surface area contributed by atoms with E-state index in [0.29, 0.717) is 16.1 Å². The van der Waals surface area contributed by atoms with Gasteiger partial charge in [0, 0.05) is 15.8 Å². The average molecular weight is 354 g/mol. The Morgan fingerprint density at radius 3 is 2.67 bits per heavy atom. The minimum absolute atomic E-state index is 0.0997. The second-order valence-corrected chi connectivity index (χ2v) is 7.39. The summed E-state index contributed by atoms with van der Waals surface area (Å²) < 4.78 is 6.12. The van der Waals surface area contributed by atoms with Gasteiger partial charge in [-0.05, 0) is 32.3 Å². The van der Waals surface area contributed by atoms with Gasteiger partial charge in [-0.15, -0.1) is 0 Å². The lowest BCUT2D eigenvalue weighted by Crippen LogP contribution is -2.57. The SMILES string of the molecule is Cc1cccc(OC2CC(Br)C23CCCCC3)c1[N+](=O)[O-]. The molecule has 3 rings (SSSR count). The van der Waals surface area contributed by atoms with Crippen molar-refractivity contribution in [3.05, 3.63) is 33.9 Å². The van der Waals surface area contributed by atoms with E-state index in [0.717, 1.165) is 19.3 Å². The molecular formula is C16H20BrNO3. The first-order valence-corrected chi connectivity index (χ1v) is 8.51. The van der Waals surface area contributed by atoms with Crippen LogP contribution in [0.2, 0.25) is 0 Å². The predicted molar refractivity (Wildman–Crippen MR) is 85.1 cm³/mol. The molecule has 2 unspecified atom stereocenters. The Bertz CT molecular complexity index is 554. The third kappa shape index (κ3) is 2.45. The zero-order chi connectivity index (χ0) is 15.0. The van der Waals surface area contributed by atoms with E-state index in [1.807, 2.05) is 6.07 Å². The van der Waals surface area contributed by atoms with E-state index < -0.39 is 0 Å². The molecule has 2 atom stereocenters. The van der Waals surface area contributed by atoms with Crippen molar-refractivity contribution in [2.75, 3.05) is 0 Å². The van der Waals surface area contributed by atoms with Gasteiger partial charge >= 0.3 is 5.69 Å². The summed E-state index contributed by atoms with van der Waals surface area (Å²) in [4.78, 5) is 11.4. The van der Waals surface area contributed by atoms with Crippen LogP contribution in [-0.2, 0) is 0 Å². The fourth-order valence-electron chi connectivity index (χ4n) is 3.82. The van der Waals surface area contributed by atoms with Crippen molar-refractivity contribution >= 4 is 21.6 Å². The number of aryl methyl sites for hydroxylation is 1. The summed E-state index contributed by atoms with van der Waals surface area (Å²) in [6, 6.07) is 5.31. The molecule has 1 spiro atoms. The van der Waals surface area contributed by atoms with E-state index in [1.165, 1.54) is 19.3 Å². The van der Waals surface area contributed by atoms with E-state index in [4.69, 9.17) is 4.74 Å². The molecular weight excluding hydrogens is 334 g/mol. The second kappa shape index (κ2) is 5.59. The number of benzene rings is 1. The van der Waals surface area contributed by atoms with Crippen LogP contribution in [0.5, 0.6) is 5.75 Å². The highest BCUT2D eigenvalue weighted by Crippen LogP contribution is 2.56. The fourth-order valence-corrected chi connectivity index (χ4v) is 4.92. The van der Waals surface area contributed by atoms with E-state index in [-0.39, 0.29) is 22.1 Å². The zero-order valence-electron chi connectivity index (χ0n) is 12.2. The van der Waals surface area contributed by atoms with Crippen LogP contribution in [0.4, 0.5) is 5.69 Å². The van der Waals surface area contributed by atoms with Gasteiger partial charge in [0.05, 0.1) is 4.92 Å². The van der Waals surface area contributed by atoms with Crippen molar-refractivity contribution in [3.8, 4) is 5.75 Å². The van der Waals surface area contributed by atoms with Crippen molar-refractivity contribution in [1.82, 2.24) is 0 Å². The van der Waals surface area contributed by atoms with Crippen LogP contribution in [0.1, 0.15) is 44.1 Å². The second-order valence-electron chi connectivity index (χ2n) is 6.28. The van der Waals surface area contributed by atoms with Gasteiger partial charge in [0.25, 0.3) is 0 Å². The summed E-state index contributed by atoms with van der Waals surface area (Å²) in [5, 5.41) is 11.3. The molecule has 21 heavy (non-hydrogen) atoms. The summed E-state index contributed by atoms with van der Waals surface area (Å²) in [5.74, 6) is 0.425. The minimum atomic E-state index is -0.331. The monoisotopic (exact) mass is 353 g/mol. The van der Waals surface area contributed by atoms with Crippen LogP contribution in [0.15, 0.2) is 18.2 Å². The van der Waals surface area contributed by atoms with Crippen molar-refractivity contribution in [3.63, 3.8) is 0 Å². The molecule has 2 aliphatic rings. The summed E-state index contributed by atoms with van der Waals surface area (Å²) in [7, 11) is 0. The van der Waals surface area contributed by atoms with Crippen molar-refractivity contribution in [2.24, 2.45) is 5.41 Å². The first-order valence-electron chi connectivity index (χ1n) is 7.59. The standard InChI is InChI=1S/C16H20BrNO3/c1-11-6-5-7-12(15(11)18(19)20)21-14-10-13(17)16(14)8-3-2-4-9-16/h5-7,13-14H,2-4,8-10H2,1H3. The molecule has 2 fully saturated rings. The van der Waals surface area contributed by atoms with E-state index in [9.17, 15) is 10.1 Å².